The van der Waals surface area contributed by atoms with E-state index >= 15 is 0 Å². The summed E-state index contributed by atoms with van der Waals surface area (Å²) in [5, 5.41) is 0. The molecule has 1 heteroatoms. The average Bonchev–Trinajstić information content (AvgIpc) is 2.42. The Morgan fingerprint density at radius 2 is 1.30 bits per heavy atom. The van der Waals surface area contributed by atoms with Gasteiger partial charge in [-0.1, -0.05) is 0 Å². The van der Waals surface area contributed by atoms with E-state index in [1.807, 2.05) is 0 Å². The van der Waals surface area contributed by atoms with E-state index < -0.39 is 7.26 Å². The second-order valence-corrected chi connectivity index (χ2v) is 12.2. The predicted octanol–water partition coefficient (Wildman–Crippen LogP) is 6.34. The van der Waals surface area contributed by atoms with Crippen LogP contribution in [-0.2, 0) is 6.16 Å². The van der Waals surface area contributed by atoms with E-state index in [0.717, 1.165) is 0 Å². The molecule has 1 rings (SSSR count). The molecule has 0 unspecified atom stereocenters. The number of hydrogen-bond donors (Lipinski definition) is 0. The third-order valence-electron chi connectivity index (χ3n) is 4.23. The maximum absolute atomic E-state index is 2.56. The third kappa shape index (κ3) is 8.75. The van der Waals surface area contributed by atoms with Gasteiger partial charge in [-0.25, -0.2) is 0 Å². The van der Waals surface area contributed by atoms with Crippen molar-refractivity contribution in [1.29, 1.82) is 0 Å². The summed E-state index contributed by atoms with van der Waals surface area (Å²) < 4.78 is 0. The summed E-state index contributed by atoms with van der Waals surface area (Å²) in [6, 6.07) is 11.1. The number of unbranched alkanes of at least 4 members (excludes halogenated alkanes) is 7. The van der Waals surface area contributed by atoms with E-state index in [1.54, 1.807) is 5.56 Å². The van der Waals surface area contributed by atoms with Crippen molar-refractivity contribution in [2.75, 3.05) is 19.5 Å². The second kappa shape index (κ2) is 10.4. The summed E-state index contributed by atoms with van der Waals surface area (Å²) in [6.45, 7) is 7.40. The van der Waals surface area contributed by atoms with E-state index in [9.17, 15) is 0 Å². The van der Waals surface area contributed by atoms with Crippen molar-refractivity contribution in [3.8, 4) is 0 Å². The van der Waals surface area contributed by atoms with Gasteiger partial charge >= 0.3 is 127 Å². The van der Waals surface area contributed by atoms with E-state index in [-0.39, 0.29) is 0 Å². The van der Waals surface area contributed by atoms with Crippen molar-refractivity contribution in [2.24, 2.45) is 0 Å². The van der Waals surface area contributed by atoms with Crippen LogP contribution < -0.4 is 0 Å². The van der Waals surface area contributed by atoms with E-state index in [2.05, 4.69) is 50.6 Å². The molecular weight excluding hydrogens is 259 g/mol. The fraction of sp³-hybridized carbons (Fsp3) is 0.684. The molecule has 0 aromatic heterocycles. The summed E-state index contributed by atoms with van der Waals surface area (Å²) in [7, 11) is -1.03. The fourth-order valence-corrected chi connectivity index (χ4v) is 5.70. The first-order valence-electron chi connectivity index (χ1n) is 8.68. The van der Waals surface area contributed by atoms with Crippen LogP contribution in [0, 0.1) is 0 Å². The normalized spacial score (nSPS) is 12.6. The molecule has 0 amide bonds. The van der Waals surface area contributed by atoms with Crippen molar-refractivity contribution in [1.82, 2.24) is 0 Å². The summed E-state index contributed by atoms with van der Waals surface area (Å²) in [6.07, 6.45) is 14.4. The SMILES string of the molecule is CCCCCCCCCC[PH](C)(C)Cc1ccccc1. The Kier molecular flexibility index (Phi) is 9.19. The first-order chi connectivity index (χ1) is 9.64. The number of rotatable bonds is 11. The van der Waals surface area contributed by atoms with Crippen molar-refractivity contribution in [2.45, 2.75) is 64.5 Å². The van der Waals surface area contributed by atoms with E-state index in [0.29, 0.717) is 0 Å². The quantitative estimate of drug-likeness (QED) is 0.330. The predicted molar refractivity (Wildman–Crippen MR) is 97.8 cm³/mol. The molecular formula is C19H35P. The molecule has 1 aromatic rings. The zero-order valence-electron chi connectivity index (χ0n) is 14.0. The molecule has 0 N–H and O–H groups in total. The minimum absolute atomic E-state index is 1.03. The maximum atomic E-state index is 2.56. The summed E-state index contributed by atoms with van der Waals surface area (Å²) in [5.74, 6) is 0. The molecule has 116 valence electrons. The molecule has 0 saturated carbocycles. The molecule has 0 nitrogen and oxygen atoms in total. The van der Waals surface area contributed by atoms with Gasteiger partial charge in [-0.3, -0.25) is 0 Å². The fourth-order valence-electron chi connectivity index (χ4n) is 2.97. The van der Waals surface area contributed by atoms with Gasteiger partial charge in [-0.15, -0.1) is 0 Å². The van der Waals surface area contributed by atoms with E-state index in [4.69, 9.17) is 0 Å². The van der Waals surface area contributed by atoms with Crippen molar-refractivity contribution in [3.05, 3.63) is 35.9 Å². The Morgan fingerprint density at radius 3 is 1.90 bits per heavy atom. The Balaban J connectivity index is 2.08. The Labute approximate surface area is 127 Å². The first-order valence-corrected chi connectivity index (χ1v) is 12.1. The molecule has 0 saturated heterocycles. The van der Waals surface area contributed by atoms with Crippen LogP contribution in [0.15, 0.2) is 30.3 Å². The first kappa shape index (κ1) is 17.7. The number of benzene rings is 1. The monoisotopic (exact) mass is 294 g/mol. The van der Waals surface area contributed by atoms with E-state index in [1.165, 1.54) is 63.7 Å². The van der Waals surface area contributed by atoms with Crippen molar-refractivity contribution < 1.29 is 0 Å². The average molecular weight is 294 g/mol. The molecule has 0 aliphatic rings. The van der Waals surface area contributed by atoms with Gasteiger partial charge in [0.15, 0.2) is 0 Å². The standard InChI is InChI=1S/C19H35P/c1-4-5-6-7-8-9-10-14-17-20(2,3)18-19-15-12-11-13-16-19/h11-13,15-16,20H,4-10,14,17-18H2,1-3H3. The van der Waals surface area contributed by atoms with Crippen LogP contribution in [-0.4, -0.2) is 19.5 Å². The summed E-state index contributed by atoms with van der Waals surface area (Å²) in [5.41, 5.74) is 1.55. The minimum atomic E-state index is -1.03. The van der Waals surface area contributed by atoms with Crippen LogP contribution in [0.2, 0.25) is 0 Å². The molecule has 0 radical (unpaired) electrons. The molecule has 0 aliphatic heterocycles. The van der Waals surface area contributed by atoms with Crippen LogP contribution in [0.5, 0.6) is 0 Å². The molecule has 0 heterocycles. The zero-order valence-corrected chi connectivity index (χ0v) is 15.0. The molecule has 0 atom stereocenters. The summed E-state index contributed by atoms with van der Waals surface area (Å²) >= 11 is 0. The Morgan fingerprint density at radius 1 is 0.750 bits per heavy atom. The van der Waals surface area contributed by atoms with Gasteiger partial charge in [0.05, 0.1) is 0 Å². The molecule has 0 aliphatic carbocycles. The van der Waals surface area contributed by atoms with Crippen molar-refractivity contribution in [3.63, 3.8) is 0 Å². The van der Waals surface area contributed by atoms with Gasteiger partial charge < -0.3 is 0 Å². The van der Waals surface area contributed by atoms with Gasteiger partial charge in [0.1, 0.15) is 0 Å². The van der Waals surface area contributed by atoms with Crippen LogP contribution in [0.4, 0.5) is 0 Å². The second-order valence-electron chi connectivity index (χ2n) is 7.05. The topological polar surface area (TPSA) is 0 Å². The van der Waals surface area contributed by atoms with Crippen LogP contribution in [0.25, 0.3) is 0 Å². The molecule has 0 spiro atoms. The zero-order chi connectivity index (χ0) is 14.7. The van der Waals surface area contributed by atoms with Crippen molar-refractivity contribution >= 4 is 7.26 Å². The Bertz CT molecular complexity index is 329. The summed E-state index contributed by atoms with van der Waals surface area (Å²) in [4.78, 5) is 0. The van der Waals surface area contributed by atoms with Gasteiger partial charge in [0.2, 0.25) is 0 Å². The third-order valence-corrected chi connectivity index (χ3v) is 7.31. The van der Waals surface area contributed by atoms with Gasteiger partial charge in [-0.05, 0) is 0 Å². The molecule has 0 fully saturated rings. The molecule has 1 aromatic carbocycles. The van der Waals surface area contributed by atoms with Crippen LogP contribution in [0.3, 0.4) is 0 Å². The van der Waals surface area contributed by atoms with Gasteiger partial charge in [0, 0.05) is 0 Å². The van der Waals surface area contributed by atoms with Crippen LogP contribution >= 0.6 is 7.26 Å². The van der Waals surface area contributed by atoms with Crippen LogP contribution in [0.1, 0.15) is 63.9 Å². The Hall–Kier alpha value is -0.350. The number of hydrogen-bond acceptors (Lipinski definition) is 0. The molecule has 0 bridgehead atoms. The van der Waals surface area contributed by atoms with Gasteiger partial charge in [0.25, 0.3) is 0 Å². The molecule has 20 heavy (non-hydrogen) atoms. The van der Waals surface area contributed by atoms with Gasteiger partial charge in [-0.2, -0.15) is 0 Å².